The van der Waals surface area contributed by atoms with Crippen LogP contribution < -0.4 is 4.74 Å². The lowest BCUT2D eigenvalue weighted by Crippen LogP contribution is -2.62. The Morgan fingerprint density at radius 1 is 1.15 bits per heavy atom. The Morgan fingerprint density at radius 3 is 2.35 bits per heavy atom. The van der Waals surface area contributed by atoms with Gasteiger partial charge in [-0.25, -0.2) is 0 Å². The van der Waals surface area contributed by atoms with Gasteiger partial charge in [0, 0.05) is 17.1 Å². The number of aromatic amines is 1. The number of hydrogen-bond donors (Lipinski definition) is 1. The van der Waals surface area contributed by atoms with Gasteiger partial charge in [0.2, 0.25) is 0 Å². The summed E-state index contributed by atoms with van der Waals surface area (Å²) in [6.45, 7) is 0. The van der Waals surface area contributed by atoms with E-state index in [1.54, 1.807) is 32.3 Å². The van der Waals surface area contributed by atoms with E-state index in [9.17, 15) is 0 Å². The van der Waals surface area contributed by atoms with Crippen LogP contribution in [0.1, 0.15) is 5.56 Å². The molecule has 3 nitrogen and oxygen atoms in total. The highest BCUT2D eigenvalue weighted by Gasteiger charge is 2.39. The van der Waals surface area contributed by atoms with Crippen molar-refractivity contribution in [2.75, 3.05) is 21.2 Å². The van der Waals surface area contributed by atoms with Crippen LogP contribution in [0.4, 0.5) is 0 Å². The molecule has 0 fully saturated rings. The van der Waals surface area contributed by atoms with Gasteiger partial charge in [0.05, 0.1) is 38.5 Å². The molecule has 0 atom stereocenters. The number of likely N-dealkylation sites (N-methyl/N-ethyl adjacent to an activating group) is 1. The Kier molecular flexibility index (Phi) is 3.76. The van der Waals surface area contributed by atoms with E-state index in [-0.39, 0.29) is 0 Å². The van der Waals surface area contributed by atoms with Gasteiger partial charge in [-0.3, -0.25) is 0 Å². The summed E-state index contributed by atoms with van der Waals surface area (Å²) in [4.78, 5) is 4.70. The van der Waals surface area contributed by atoms with Gasteiger partial charge >= 0.3 is 0 Å². The molecule has 1 aromatic heterocycles. The van der Waals surface area contributed by atoms with Crippen molar-refractivity contribution in [3.63, 3.8) is 0 Å². The Labute approximate surface area is 125 Å². The molecule has 0 saturated carbocycles. The van der Waals surface area contributed by atoms with E-state index in [1.165, 1.54) is 0 Å². The molecule has 0 aliphatic rings. The molecule has 0 aliphatic carbocycles. The number of rotatable bonds is 4. The summed E-state index contributed by atoms with van der Waals surface area (Å²) in [6.07, 6.45) is 1.72. The Bertz CT molecular complexity index is 622. The number of fused-ring (bicyclic) bond motifs is 1. The third-order valence-corrected chi connectivity index (χ3v) is 3.74. The minimum Gasteiger partial charge on any atom is -0.497 e. The van der Waals surface area contributed by atoms with E-state index >= 15 is 0 Å². The quantitative estimate of drug-likeness (QED) is 0.794. The molecule has 0 amide bonds. The number of H-pyrrole nitrogens is 1. The van der Waals surface area contributed by atoms with E-state index in [0.717, 1.165) is 10.9 Å². The van der Waals surface area contributed by atoms with Crippen LogP contribution >= 0.6 is 0 Å². The van der Waals surface area contributed by atoms with Gasteiger partial charge in [0.25, 0.3) is 0 Å². The first-order valence-corrected chi connectivity index (χ1v) is 6.20. The SMILES string of the molecule is [B]C([B])(c1c[nH]c2ccc(OC)cc12)C([B])([B])N(C)C. The molecular weight excluding hydrogens is 243 g/mol. The molecule has 2 aromatic rings. The van der Waals surface area contributed by atoms with Crippen LogP contribution in [0.25, 0.3) is 10.9 Å². The predicted octanol–water partition coefficient (Wildman–Crippen LogP) is 0.219. The fraction of sp³-hybridized carbons (Fsp3) is 0.385. The lowest BCUT2D eigenvalue weighted by atomic mass is 9.31. The van der Waals surface area contributed by atoms with E-state index in [4.69, 9.17) is 36.1 Å². The minimum atomic E-state index is -1.44. The summed E-state index contributed by atoms with van der Waals surface area (Å²) in [5.41, 5.74) is 1.51. The van der Waals surface area contributed by atoms with Crippen LogP contribution in [0.2, 0.25) is 0 Å². The van der Waals surface area contributed by atoms with Crippen molar-refractivity contribution in [1.29, 1.82) is 0 Å². The highest BCUT2D eigenvalue weighted by atomic mass is 16.5. The first-order chi connectivity index (χ1) is 9.21. The van der Waals surface area contributed by atoms with Gasteiger partial charge in [-0.1, -0.05) is 10.6 Å². The van der Waals surface area contributed by atoms with Crippen LogP contribution in [0.3, 0.4) is 0 Å². The van der Waals surface area contributed by atoms with Gasteiger partial charge in [-0.15, -0.1) is 0 Å². The lowest BCUT2D eigenvalue weighted by Gasteiger charge is -2.49. The van der Waals surface area contributed by atoms with Gasteiger partial charge in [-0.05, 0) is 37.9 Å². The summed E-state index contributed by atoms with van der Waals surface area (Å²) < 4.78 is 5.22. The zero-order valence-electron chi connectivity index (χ0n) is 12.0. The van der Waals surface area contributed by atoms with Crippen LogP contribution in [-0.4, -0.2) is 67.8 Å². The Balaban J connectivity index is 2.62. The van der Waals surface area contributed by atoms with E-state index in [0.29, 0.717) is 11.3 Å². The Morgan fingerprint density at radius 2 is 1.80 bits per heavy atom. The number of benzene rings is 1. The van der Waals surface area contributed by atoms with E-state index in [2.05, 4.69) is 4.98 Å². The molecule has 2 rings (SSSR count). The maximum atomic E-state index is 6.24. The summed E-state index contributed by atoms with van der Waals surface area (Å²) in [5.74, 6) is 0.707. The minimum absolute atomic E-state index is 0.630. The predicted molar refractivity (Wildman–Crippen MR) is 86.0 cm³/mol. The van der Waals surface area contributed by atoms with Gasteiger partial charge in [0.15, 0.2) is 0 Å². The fourth-order valence-corrected chi connectivity index (χ4v) is 2.15. The van der Waals surface area contributed by atoms with Crippen LogP contribution in [0.5, 0.6) is 5.75 Å². The van der Waals surface area contributed by atoms with Crippen LogP contribution in [-0.2, 0) is 5.21 Å². The van der Waals surface area contributed by atoms with Crippen molar-refractivity contribution in [2.24, 2.45) is 0 Å². The van der Waals surface area contributed by atoms with Crippen LogP contribution in [0, 0.1) is 0 Å². The van der Waals surface area contributed by atoms with Gasteiger partial charge < -0.3 is 14.6 Å². The second-order valence-corrected chi connectivity index (χ2v) is 5.20. The number of aromatic nitrogens is 1. The standard InChI is InChI=1S/C13H14B4N2O/c1-19(2)13(16,17)12(14,15)10-7-18-11-5-4-8(20-3)6-9(10)11/h4-7,18H,1-3H3. The summed E-state index contributed by atoms with van der Waals surface area (Å²) >= 11 is 0. The third-order valence-electron chi connectivity index (χ3n) is 3.74. The van der Waals surface area contributed by atoms with Crippen molar-refractivity contribution < 1.29 is 4.74 Å². The average Bonchev–Trinajstić information content (AvgIpc) is 2.81. The molecule has 0 saturated heterocycles. The lowest BCUT2D eigenvalue weighted by molar-refractivity contribution is 0.310. The highest BCUT2D eigenvalue weighted by Crippen LogP contribution is 2.35. The van der Waals surface area contributed by atoms with Crippen molar-refractivity contribution >= 4 is 42.3 Å². The zero-order chi connectivity index (χ0) is 15.1. The van der Waals surface area contributed by atoms with Gasteiger partial charge in [-0.2, -0.15) is 0 Å². The summed E-state index contributed by atoms with van der Waals surface area (Å²) in [5, 5.41) is -2.02. The monoisotopic (exact) mass is 258 g/mol. The topological polar surface area (TPSA) is 28.3 Å². The van der Waals surface area contributed by atoms with Crippen molar-refractivity contribution in [3.05, 3.63) is 30.0 Å². The van der Waals surface area contributed by atoms with Crippen molar-refractivity contribution in [2.45, 2.75) is 10.6 Å². The summed E-state index contributed by atoms with van der Waals surface area (Å²) in [6, 6.07) is 5.58. The molecule has 1 heterocycles. The first-order valence-electron chi connectivity index (χ1n) is 6.20. The summed E-state index contributed by atoms with van der Waals surface area (Å²) in [7, 11) is 29.7. The molecule has 7 heteroatoms. The maximum Gasteiger partial charge on any atom is 0.119 e. The second kappa shape index (κ2) is 4.96. The molecular formula is C13H14B4N2O. The molecule has 94 valence electrons. The van der Waals surface area contributed by atoms with E-state index in [1.807, 2.05) is 18.2 Å². The molecule has 8 radical (unpaired) electrons. The number of nitrogens with zero attached hydrogens (tertiary/aromatic N) is 1. The highest BCUT2D eigenvalue weighted by molar-refractivity contribution is 6.54. The number of ether oxygens (including phenoxy) is 1. The Hall–Kier alpha value is -1.22. The number of methoxy groups -OCH3 is 1. The maximum absolute atomic E-state index is 6.24. The molecule has 0 unspecified atom stereocenters. The van der Waals surface area contributed by atoms with Crippen molar-refractivity contribution in [3.8, 4) is 5.75 Å². The zero-order valence-corrected chi connectivity index (χ0v) is 12.0. The van der Waals surface area contributed by atoms with Gasteiger partial charge in [0.1, 0.15) is 5.75 Å². The molecule has 1 aromatic carbocycles. The third kappa shape index (κ3) is 2.18. The smallest absolute Gasteiger partial charge is 0.119 e. The number of hydrogen-bond acceptors (Lipinski definition) is 2. The largest absolute Gasteiger partial charge is 0.497 e. The molecule has 1 N–H and O–H groups in total. The molecule has 0 aliphatic heterocycles. The molecule has 0 spiro atoms. The van der Waals surface area contributed by atoms with Crippen LogP contribution in [0.15, 0.2) is 24.4 Å². The van der Waals surface area contributed by atoms with E-state index < -0.39 is 10.6 Å². The molecule has 0 bridgehead atoms. The number of nitrogens with one attached hydrogen (secondary N) is 1. The van der Waals surface area contributed by atoms with Crippen molar-refractivity contribution in [1.82, 2.24) is 9.88 Å². The normalized spacial score (nSPS) is 13.0. The average molecular weight is 258 g/mol. The molecule has 20 heavy (non-hydrogen) atoms. The fourth-order valence-electron chi connectivity index (χ4n) is 2.15. The second-order valence-electron chi connectivity index (χ2n) is 5.20. The first kappa shape index (κ1) is 15.2.